The van der Waals surface area contributed by atoms with Crippen LogP contribution in [0.5, 0.6) is 0 Å². The number of carbonyl (C=O) groups excluding carboxylic acids is 1. The molecule has 0 fully saturated rings. The third-order valence-corrected chi connectivity index (χ3v) is 3.70. The SMILES string of the molecule is CCN1c2ccc(C(C)=O)cc2NC1(C)CC. The van der Waals surface area contributed by atoms with Gasteiger partial charge in [0.05, 0.1) is 11.4 Å². The van der Waals surface area contributed by atoms with Gasteiger partial charge >= 0.3 is 0 Å². The maximum absolute atomic E-state index is 11.4. The minimum atomic E-state index is -0.0352. The van der Waals surface area contributed by atoms with E-state index in [9.17, 15) is 4.79 Å². The summed E-state index contributed by atoms with van der Waals surface area (Å²) in [6.07, 6.45) is 1.02. The summed E-state index contributed by atoms with van der Waals surface area (Å²) in [6, 6.07) is 5.91. The van der Waals surface area contributed by atoms with E-state index in [0.717, 1.165) is 24.2 Å². The van der Waals surface area contributed by atoms with Crippen LogP contribution in [0.2, 0.25) is 0 Å². The molecule has 0 aromatic heterocycles. The molecule has 1 unspecified atom stereocenters. The highest BCUT2D eigenvalue weighted by molar-refractivity contribution is 5.97. The van der Waals surface area contributed by atoms with E-state index in [1.807, 2.05) is 18.2 Å². The van der Waals surface area contributed by atoms with Crippen molar-refractivity contribution in [1.29, 1.82) is 0 Å². The molecule has 0 radical (unpaired) electrons. The monoisotopic (exact) mass is 232 g/mol. The number of anilines is 2. The summed E-state index contributed by atoms with van der Waals surface area (Å²) in [5, 5.41) is 3.53. The van der Waals surface area contributed by atoms with Crippen LogP contribution in [0.4, 0.5) is 11.4 Å². The van der Waals surface area contributed by atoms with Crippen LogP contribution >= 0.6 is 0 Å². The largest absolute Gasteiger partial charge is 0.361 e. The van der Waals surface area contributed by atoms with Crippen molar-refractivity contribution in [3.63, 3.8) is 0 Å². The van der Waals surface area contributed by atoms with Crippen LogP contribution < -0.4 is 10.2 Å². The quantitative estimate of drug-likeness (QED) is 0.812. The zero-order valence-electron chi connectivity index (χ0n) is 11.0. The predicted molar refractivity (Wildman–Crippen MR) is 71.8 cm³/mol. The molecule has 0 amide bonds. The van der Waals surface area contributed by atoms with Gasteiger partial charge in [0.15, 0.2) is 5.78 Å². The molecule has 0 saturated heterocycles. The number of carbonyl (C=O) groups is 1. The topological polar surface area (TPSA) is 32.3 Å². The lowest BCUT2D eigenvalue weighted by molar-refractivity contribution is 0.101. The van der Waals surface area contributed by atoms with Gasteiger partial charge in [0.25, 0.3) is 0 Å². The van der Waals surface area contributed by atoms with Crippen LogP contribution in [0, 0.1) is 0 Å². The Morgan fingerprint density at radius 1 is 1.41 bits per heavy atom. The molecule has 0 spiro atoms. The molecule has 1 aromatic rings. The van der Waals surface area contributed by atoms with Gasteiger partial charge in [0.1, 0.15) is 5.66 Å². The van der Waals surface area contributed by atoms with Gasteiger partial charge in [-0.2, -0.15) is 0 Å². The Balaban J connectivity index is 2.46. The molecule has 1 aliphatic rings. The van der Waals surface area contributed by atoms with Crippen molar-refractivity contribution in [2.75, 3.05) is 16.8 Å². The summed E-state index contributed by atoms with van der Waals surface area (Å²) in [5.74, 6) is 0.114. The van der Waals surface area contributed by atoms with Gasteiger partial charge in [0, 0.05) is 12.1 Å². The van der Waals surface area contributed by atoms with E-state index >= 15 is 0 Å². The molecule has 0 bridgehead atoms. The number of nitrogens with one attached hydrogen (secondary N) is 1. The van der Waals surface area contributed by atoms with E-state index in [-0.39, 0.29) is 11.4 Å². The highest BCUT2D eigenvalue weighted by Crippen LogP contribution is 2.41. The fourth-order valence-corrected chi connectivity index (χ4v) is 2.51. The number of benzene rings is 1. The molecule has 1 aliphatic heterocycles. The summed E-state index contributed by atoms with van der Waals surface area (Å²) in [7, 11) is 0. The molecule has 1 N–H and O–H groups in total. The molecule has 2 rings (SSSR count). The minimum Gasteiger partial charge on any atom is -0.361 e. The molecule has 3 nitrogen and oxygen atoms in total. The Morgan fingerprint density at radius 2 is 2.12 bits per heavy atom. The van der Waals surface area contributed by atoms with Gasteiger partial charge in [-0.1, -0.05) is 6.92 Å². The summed E-state index contributed by atoms with van der Waals surface area (Å²) >= 11 is 0. The first-order valence-corrected chi connectivity index (χ1v) is 6.22. The van der Waals surface area contributed by atoms with Gasteiger partial charge in [-0.05, 0) is 45.4 Å². The van der Waals surface area contributed by atoms with Crippen LogP contribution in [0.1, 0.15) is 44.5 Å². The number of nitrogens with zero attached hydrogens (tertiary/aromatic N) is 1. The second-order valence-corrected chi connectivity index (χ2v) is 4.78. The fourth-order valence-electron chi connectivity index (χ4n) is 2.51. The Morgan fingerprint density at radius 3 is 2.65 bits per heavy atom. The van der Waals surface area contributed by atoms with E-state index in [0.29, 0.717) is 0 Å². The van der Waals surface area contributed by atoms with Gasteiger partial charge < -0.3 is 10.2 Å². The second-order valence-electron chi connectivity index (χ2n) is 4.78. The highest BCUT2D eigenvalue weighted by atomic mass is 16.1. The van der Waals surface area contributed by atoms with Gasteiger partial charge in [0.2, 0.25) is 0 Å². The van der Waals surface area contributed by atoms with Gasteiger partial charge in [-0.15, -0.1) is 0 Å². The third-order valence-electron chi connectivity index (χ3n) is 3.70. The first-order valence-electron chi connectivity index (χ1n) is 6.22. The third kappa shape index (κ3) is 1.79. The smallest absolute Gasteiger partial charge is 0.159 e. The molecular weight excluding hydrogens is 212 g/mol. The van der Waals surface area contributed by atoms with E-state index < -0.39 is 0 Å². The summed E-state index contributed by atoms with van der Waals surface area (Å²) in [5.41, 5.74) is 3.00. The van der Waals surface area contributed by atoms with Crippen LogP contribution in [-0.2, 0) is 0 Å². The van der Waals surface area contributed by atoms with Gasteiger partial charge in [-0.25, -0.2) is 0 Å². The van der Waals surface area contributed by atoms with Crippen LogP contribution in [0.3, 0.4) is 0 Å². The molecule has 1 heterocycles. The number of hydrogen-bond acceptors (Lipinski definition) is 3. The van der Waals surface area contributed by atoms with Crippen molar-refractivity contribution in [3.05, 3.63) is 23.8 Å². The minimum absolute atomic E-state index is 0.0352. The van der Waals surface area contributed by atoms with Crippen molar-refractivity contribution >= 4 is 17.2 Å². The fraction of sp³-hybridized carbons (Fsp3) is 0.500. The number of Topliss-reactive ketones (excluding diaryl/α,β-unsaturated/α-hetero) is 1. The molecule has 0 saturated carbocycles. The molecule has 1 aromatic carbocycles. The number of ketones is 1. The number of rotatable bonds is 3. The maximum Gasteiger partial charge on any atom is 0.159 e. The first kappa shape index (κ1) is 12.0. The van der Waals surface area contributed by atoms with Crippen molar-refractivity contribution < 1.29 is 4.79 Å². The molecule has 92 valence electrons. The molecule has 3 heteroatoms. The van der Waals surface area contributed by atoms with E-state index in [1.165, 1.54) is 5.69 Å². The second kappa shape index (κ2) is 4.06. The number of hydrogen-bond donors (Lipinski definition) is 1. The summed E-state index contributed by atoms with van der Waals surface area (Å²) < 4.78 is 0. The normalized spacial score (nSPS) is 22.2. The van der Waals surface area contributed by atoms with Crippen molar-refractivity contribution in [1.82, 2.24) is 0 Å². The standard InChI is InChI=1S/C14H20N2O/c1-5-14(4)15-12-9-11(10(3)17)7-8-13(12)16(14)6-2/h7-9,15H,5-6H2,1-4H3. The number of fused-ring (bicyclic) bond motifs is 1. The zero-order valence-corrected chi connectivity index (χ0v) is 11.0. The Kier molecular flexibility index (Phi) is 2.86. The Hall–Kier alpha value is -1.51. The lowest BCUT2D eigenvalue weighted by Crippen LogP contribution is -2.47. The van der Waals surface area contributed by atoms with Crippen molar-refractivity contribution in [2.24, 2.45) is 0 Å². The predicted octanol–water partition coefficient (Wildman–Crippen LogP) is 3.27. The maximum atomic E-state index is 11.4. The Labute approximate surface area is 103 Å². The zero-order chi connectivity index (χ0) is 12.6. The van der Waals surface area contributed by atoms with Crippen LogP contribution in [0.25, 0.3) is 0 Å². The van der Waals surface area contributed by atoms with Gasteiger partial charge in [-0.3, -0.25) is 4.79 Å². The Bertz CT molecular complexity index is 456. The van der Waals surface area contributed by atoms with Crippen molar-refractivity contribution in [2.45, 2.75) is 39.8 Å². The molecule has 1 atom stereocenters. The molecular formula is C14H20N2O. The highest BCUT2D eigenvalue weighted by Gasteiger charge is 2.36. The van der Waals surface area contributed by atoms with E-state index in [4.69, 9.17) is 0 Å². The summed E-state index contributed by atoms with van der Waals surface area (Å²) in [4.78, 5) is 13.7. The average Bonchev–Trinajstić information content (AvgIpc) is 2.60. The average molecular weight is 232 g/mol. The summed E-state index contributed by atoms with van der Waals surface area (Å²) in [6.45, 7) is 9.10. The van der Waals surface area contributed by atoms with Crippen molar-refractivity contribution in [3.8, 4) is 0 Å². The molecule has 17 heavy (non-hydrogen) atoms. The van der Waals surface area contributed by atoms with E-state index in [1.54, 1.807) is 6.92 Å². The van der Waals surface area contributed by atoms with E-state index in [2.05, 4.69) is 31.0 Å². The first-order chi connectivity index (χ1) is 8.01. The lowest BCUT2D eigenvalue weighted by Gasteiger charge is -2.35. The van der Waals surface area contributed by atoms with Crippen LogP contribution in [0.15, 0.2) is 18.2 Å². The lowest BCUT2D eigenvalue weighted by atomic mass is 10.1. The van der Waals surface area contributed by atoms with Crippen LogP contribution in [-0.4, -0.2) is 18.0 Å². The molecule has 0 aliphatic carbocycles.